The first-order chi connectivity index (χ1) is 9.50. The molecular formula is C19H27Cl. The number of benzene rings is 1. The summed E-state index contributed by atoms with van der Waals surface area (Å²) in [4.78, 5) is 0. The van der Waals surface area contributed by atoms with Crippen molar-refractivity contribution in [2.24, 2.45) is 23.2 Å². The lowest BCUT2D eigenvalue weighted by Gasteiger charge is -2.42. The predicted molar refractivity (Wildman–Crippen MR) is 87.2 cm³/mol. The third-order valence-corrected chi connectivity index (χ3v) is 6.45. The van der Waals surface area contributed by atoms with Gasteiger partial charge in [0.15, 0.2) is 0 Å². The number of halogens is 1. The lowest BCUT2D eigenvalue weighted by atomic mass is 9.66. The van der Waals surface area contributed by atoms with Crippen molar-refractivity contribution in [3.63, 3.8) is 0 Å². The van der Waals surface area contributed by atoms with Gasteiger partial charge in [-0.25, -0.2) is 0 Å². The van der Waals surface area contributed by atoms with Crippen molar-refractivity contribution in [1.82, 2.24) is 0 Å². The molecule has 0 aromatic heterocycles. The zero-order chi connectivity index (χ0) is 14.3. The molecule has 1 aromatic rings. The Kier molecular flexibility index (Phi) is 3.88. The molecule has 5 atom stereocenters. The molecular weight excluding hydrogens is 264 g/mol. The first-order valence-electron chi connectivity index (χ1n) is 8.19. The Labute approximate surface area is 128 Å². The molecule has 2 aliphatic carbocycles. The Balaban J connectivity index is 1.71. The van der Waals surface area contributed by atoms with Crippen molar-refractivity contribution in [1.29, 1.82) is 0 Å². The fourth-order valence-corrected chi connectivity index (χ4v) is 5.27. The van der Waals surface area contributed by atoms with Crippen molar-refractivity contribution < 1.29 is 0 Å². The number of rotatable bonds is 3. The maximum atomic E-state index is 6.73. The summed E-state index contributed by atoms with van der Waals surface area (Å²) >= 11 is 6.73. The lowest BCUT2D eigenvalue weighted by molar-refractivity contribution is 0.116. The first kappa shape index (κ1) is 14.4. The van der Waals surface area contributed by atoms with Crippen molar-refractivity contribution in [3.8, 4) is 0 Å². The lowest BCUT2D eigenvalue weighted by Crippen LogP contribution is -2.37. The van der Waals surface area contributed by atoms with Gasteiger partial charge in [0.1, 0.15) is 0 Å². The van der Waals surface area contributed by atoms with E-state index in [-0.39, 0.29) is 0 Å². The van der Waals surface area contributed by atoms with Gasteiger partial charge < -0.3 is 0 Å². The van der Waals surface area contributed by atoms with Crippen LogP contribution < -0.4 is 0 Å². The topological polar surface area (TPSA) is 0 Å². The van der Waals surface area contributed by atoms with E-state index in [0.717, 1.165) is 17.8 Å². The van der Waals surface area contributed by atoms with Crippen LogP contribution in [0.15, 0.2) is 30.3 Å². The third kappa shape index (κ3) is 2.64. The Morgan fingerprint density at radius 3 is 2.35 bits per heavy atom. The Morgan fingerprint density at radius 1 is 1.00 bits per heavy atom. The van der Waals surface area contributed by atoms with E-state index < -0.39 is 0 Å². The van der Waals surface area contributed by atoms with Gasteiger partial charge in [0.05, 0.1) is 0 Å². The summed E-state index contributed by atoms with van der Waals surface area (Å²) in [6.45, 7) is 7.29. The van der Waals surface area contributed by atoms with E-state index in [9.17, 15) is 0 Å². The molecule has 2 saturated carbocycles. The van der Waals surface area contributed by atoms with E-state index in [1.54, 1.807) is 0 Å². The minimum Gasteiger partial charge on any atom is -0.123 e. The van der Waals surface area contributed by atoms with Crippen molar-refractivity contribution in [2.75, 3.05) is 0 Å². The van der Waals surface area contributed by atoms with E-state index in [1.165, 1.54) is 31.2 Å². The van der Waals surface area contributed by atoms with Crippen molar-refractivity contribution in [3.05, 3.63) is 35.9 Å². The Bertz CT molecular complexity index is 450. The first-order valence-corrected chi connectivity index (χ1v) is 8.62. The molecule has 0 heterocycles. The van der Waals surface area contributed by atoms with Crippen LogP contribution >= 0.6 is 11.6 Å². The molecule has 0 N–H and O–H groups in total. The molecule has 0 radical (unpaired) electrons. The normalized spacial score (nSPS) is 37.7. The number of alkyl halides is 1. The second kappa shape index (κ2) is 5.37. The quantitative estimate of drug-likeness (QED) is 0.612. The molecule has 0 saturated heterocycles. The molecule has 3 rings (SSSR count). The molecule has 0 amide bonds. The second-order valence-electron chi connectivity index (χ2n) is 7.72. The predicted octanol–water partition coefficient (Wildman–Crippen LogP) is 5.86. The van der Waals surface area contributed by atoms with Gasteiger partial charge in [-0.3, -0.25) is 0 Å². The highest BCUT2D eigenvalue weighted by Gasteiger charge is 2.53. The molecule has 0 bridgehead atoms. The van der Waals surface area contributed by atoms with Crippen LogP contribution in [0.3, 0.4) is 0 Å². The van der Waals surface area contributed by atoms with Gasteiger partial charge in [0, 0.05) is 5.38 Å². The van der Waals surface area contributed by atoms with Crippen LogP contribution in [-0.2, 0) is 0 Å². The van der Waals surface area contributed by atoms with E-state index in [2.05, 4.69) is 51.1 Å². The van der Waals surface area contributed by atoms with Crippen LogP contribution in [0.2, 0.25) is 0 Å². The van der Waals surface area contributed by atoms with Crippen molar-refractivity contribution in [2.45, 2.75) is 57.7 Å². The fraction of sp³-hybridized carbons (Fsp3) is 0.684. The molecule has 0 aliphatic heterocycles. The molecule has 1 heteroatoms. The molecule has 2 aliphatic rings. The van der Waals surface area contributed by atoms with Crippen LogP contribution in [0.25, 0.3) is 0 Å². The van der Waals surface area contributed by atoms with Crippen LogP contribution in [0.4, 0.5) is 0 Å². The van der Waals surface area contributed by atoms with Gasteiger partial charge in [0.25, 0.3) is 0 Å². The van der Waals surface area contributed by atoms with Gasteiger partial charge in [-0.1, -0.05) is 57.5 Å². The summed E-state index contributed by atoms with van der Waals surface area (Å²) in [7, 11) is 0. The summed E-state index contributed by atoms with van der Waals surface area (Å²) in [6.07, 6.45) is 5.24. The standard InChI is InChI=1S/C19H27Cl/c1-13-9-10-16(18(20)11-13)19(2,3)17-12-15(17)14-7-5-4-6-8-14/h4-8,13,15-18H,9-12H2,1-3H3. The number of hydrogen-bond donors (Lipinski definition) is 0. The zero-order valence-electron chi connectivity index (χ0n) is 13.0. The molecule has 20 heavy (non-hydrogen) atoms. The minimum atomic E-state index is 0.380. The molecule has 110 valence electrons. The van der Waals surface area contributed by atoms with Crippen LogP contribution in [0, 0.1) is 23.2 Å². The summed E-state index contributed by atoms with van der Waals surface area (Å²) in [6, 6.07) is 11.0. The van der Waals surface area contributed by atoms with Gasteiger partial charge >= 0.3 is 0 Å². The maximum Gasteiger partial charge on any atom is 0.0372 e. The van der Waals surface area contributed by atoms with Gasteiger partial charge in [-0.2, -0.15) is 0 Å². The molecule has 0 nitrogen and oxygen atoms in total. The summed E-state index contributed by atoms with van der Waals surface area (Å²) in [5, 5.41) is 0.380. The van der Waals surface area contributed by atoms with Crippen LogP contribution in [0.1, 0.15) is 57.9 Å². The summed E-state index contributed by atoms with van der Waals surface area (Å²) < 4.78 is 0. The fourth-order valence-electron chi connectivity index (χ4n) is 4.51. The van der Waals surface area contributed by atoms with Crippen LogP contribution in [-0.4, -0.2) is 5.38 Å². The maximum absolute atomic E-state index is 6.73. The Hall–Kier alpha value is -0.490. The highest BCUT2D eigenvalue weighted by molar-refractivity contribution is 6.20. The monoisotopic (exact) mass is 290 g/mol. The molecule has 2 fully saturated rings. The average molecular weight is 291 g/mol. The van der Waals surface area contributed by atoms with E-state index in [4.69, 9.17) is 11.6 Å². The van der Waals surface area contributed by atoms with E-state index in [0.29, 0.717) is 16.7 Å². The van der Waals surface area contributed by atoms with Gasteiger partial charge in [-0.15, -0.1) is 11.6 Å². The molecule has 0 spiro atoms. The molecule has 1 aromatic carbocycles. The van der Waals surface area contributed by atoms with E-state index in [1.807, 2.05) is 0 Å². The van der Waals surface area contributed by atoms with Crippen LogP contribution in [0.5, 0.6) is 0 Å². The third-order valence-electron chi connectivity index (χ3n) is 5.96. The highest BCUT2D eigenvalue weighted by atomic mass is 35.5. The van der Waals surface area contributed by atoms with Gasteiger partial charge in [0.2, 0.25) is 0 Å². The van der Waals surface area contributed by atoms with Crippen molar-refractivity contribution >= 4 is 11.6 Å². The number of hydrogen-bond acceptors (Lipinski definition) is 0. The minimum absolute atomic E-state index is 0.380. The zero-order valence-corrected chi connectivity index (χ0v) is 13.7. The average Bonchev–Trinajstić information content (AvgIpc) is 3.20. The highest BCUT2D eigenvalue weighted by Crippen LogP contribution is 2.61. The molecule has 5 unspecified atom stereocenters. The SMILES string of the molecule is CC1CCC(C(C)(C)C2CC2c2ccccc2)C(Cl)C1. The smallest absolute Gasteiger partial charge is 0.0372 e. The Morgan fingerprint density at radius 2 is 1.70 bits per heavy atom. The summed E-state index contributed by atoms with van der Waals surface area (Å²) in [5.41, 5.74) is 1.91. The summed E-state index contributed by atoms with van der Waals surface area (Å²) in [5.74, 6) is 3.10. The van der Waals surface area contributed by atoms with E-state index >= 15 is 0 Å². The second-order valence-corrected chi connectivity index (χ2v) is 8.28. The van der Waals surface area contributed by atoms with Gasteiger partial charge in [-0.05, 0) is 53.9 Å². The largest absolute Gasteiger partial charge is 0.123 e.